The van der Waals surface area contributed by atoms with Gasteiger partial charge in [0.15, 0.2) is 0 Å². The van der Waals surface area contributed by atoms with Gasteiger partial charge in [-0.3, -0.25) is 0 Å². The SMILES string of the molecule is CN1CCCCC1CCNCc1ccc(C#N)cc1. The van der Waals surface area contributed by atoms with E-state index in [2.05, 4.69) is 23.3 Å². The van der Waals surface area contributed by atoms with Crippen molar-refractivity contribution in [1.82, 2.24) is 10.2 Å². The van der Waals surface area contributed by atoms with Gasteiger partial charge in [0.1, 0.15) is 0 Å². The zero-order valence-corrected chi connectivity index (χ0v) is 11.7. The predicted molar refractivity (Wildman–Crippen MR) is 77.7 cm³/mol. The van der Waals surface area contributed by atoms with Crippen LogP contribution in [0.1, 0.15) is 36.8 Å². The van der Waals surface area contributed by atoms with Gasteiger partial charge in [-0.05, 0) is 57.1 Å². The molecule has 0 radical (unpaired) electrons. The summed E-state index contributed by atoms with van der Waals surface area (Å²) in [6, 6.07) is 10.7. The quantitative estimate of drug-likeness (QED) is 0.824. The van der Waals surface area contributed by atoms with E-state index < -0.39 is 0 Å². The Morgan fingerprint density at radius 1 is 1.32 bits per heavy atom. The number of nitrogens with one attached hydrogen (secondary N) is 1. The van der Waals surface area contributed by atoms with Crippen LogP contribution in [0.4, 0.5) is 0 Å². The maximum atomic E-state index is 8.74. The molecule has 0 bridgehead atoms. The topological polar surface area (TPSA) is 39.1 Å². The molecule has 19 heavy (non-hydrogen) atoms. The largest absolute Gasteiger partial charge is 0.313 e. The lowest BCUT2D eigenvalue weighted by atomic mass is 10.0. The first-order valence-electron chi connectivity index (χ1n) is 7.19. The summed E-state index contributed by atoms with van der Waals surface area (Å²) in [5.41, 5.74) is 1.98. The van der Waals surface area contributed by atoms with Crippen molar-refractivity contribution in [3.05, 3.63) is 35.4 Å². The molecule has 0 saturated carbocycles. The fourth-order valence-corrected chi connectivity index (χ4v) is 2.71. The molecule has 3 heteroatoms. The number of hydrogen-bond donors (Lipinski definition) is 1. The smallest absolute Gasteiger partial charge is 0.0991 e. The Labute approximate surface area is 116 Å². The van der Waals surface area contributed by atoms with Gasteiger partial charge in [-0.15, -0.1) is 0 Å². The minimum absolute atomic E-state index is 0.729. The number of likely N-dealkylation sites (tertiary alicyclic amines) is 1. The molecule has 0 aromatic heterocycles. The molecule has 0 amide bonds. The monoisotopic (exact) mass is 257 g/mol. The zero-order chi connectivity index (χ0) is 13.5. The van der Waals surface area contributed by atoms with Gasteiger partial charge >= 0.3 is 0 Å². The summed E-state index contributed by atoms with van der Waals surface area (Å²) in [5.74, 6) is 0. The predicted octanol–water partition coefficient (Wildman–Crippen LogP) is 2.52. The Kier molecular flexibility index (Phi) is 5.38. The molecule has 1 aliphatic heterocycles. The summed E-state index contributed by atoms with van der Waals surface area (Å²) in [5, 5.41) is 12.2. The van der Waals surface area contributed by atoms with Gasteiger partial charge in [0.2, 0.25) is 0 Å². The molecule has 1 saturated heterocycles. The highest BCUT2D eigenvalue weighted by Gasteiger charge is 2.17. The van der Waals surface area contributed by atoms with E-state index in [1.807, 2.05) is 24.3 Å². The molecule has 1 N–H and O–H groups in total. The first-order chi connectivity index (χ1) is 9.29. The van der Waals surface area contributed by atoms with Crippen LogP contribution in [0, 0.1) is 11.3 Å². The number of nitriles is 1. The molecule has 1 aliphatic rings. The van der Waals surface area contributed by atoms with Crippen LogP contribution in [0.5, 0.6) is 0 Å². The Morgan fingerprint density at radius 3 is 2.79 bits per heavy atom. The molecule has 0 spiro atoms. The first kappa shape index (κ1) is 14.0. The van der Waals surface area contributed by atoms with E-state index in [-0.39, 0.29) is 0 Å². The second-order valence-corrected chi connectivity index (χ2v) is 5.40. The molecule has 102 valence electrons. The van der Waals surface area contributed by atoms with Gasteiger partial charge in [0, 0.05) is 12.6 Å². The summed E-state index contributed by atoms with van der Waals surface area (Å²) in [7, 11) is 2.24. The molecule has 1 atom stereocenters. The van der Waals surface area contributed by atoms with Crippen LogP contribution in [0.2, 0.25) is 0 Å². The van der Waals surface area contributed by atoms with Gasteiger partial charge < -0.3 is 10.2 Å². The summed E-state index contributed by atoms with van der Waals surface area (Å²) < 4.78 is 0. The molecule has 1 heterocycles. The third kappa shape index (κ3) is 4.34. The van der Waals surface area contributed by atoms with Crippen molar-refractivity contribution < 1.29 is 0 Å². The van der Waals surface area contributed by atoms with Crippen molar-refractivity contribution in [2.45, 2.75) is 38.3 Å². The second kappa shape index (κ2) is 7.28. The standard InChI is InChI=1S/C16H23N3/c1-19-11-3-2-4-16(19)9-10-18-13-15-7-5-14(12-17)6-8-15/h5-8,16,18H,2-4,9-11,13H2,1H3. The van der Waals surface area contributed by atoms with E-state index in [1.54, 1.807) is 0 Å². The van der Waals surface area contributed by atoms with Crippen molar-refractivity contribution in [3.8, 4) is 6.07 Å². The average Bonchev–Trinajstić information content (AvgIpc) is 2.46. The number of hydrogen-bond acceptors (Lipinski definition) is 3. The second-order valence-electron chi connectivity index (χ2n) is 5.40. The van der Waals surface area contributed by atoms with Gasteiger partial charge in [-0.2, -0.15) is 5.26 Å². The number of rotatable bonds is 5. The van der Waals surface area contributed by atoms with E-state index in [0.29, 0.717) is 0 Å². The number of benzene rings is 1. The molecular formula is C16H23N3. The van der Waals surface area contributed by atoms with E-state index in [1.165, 1.54) is 37.8 Å². The third-order valence-electron chi connectivity index (χ3n) is 3.99. The highest BCUT2D eigenvalue weighted by Crippen LogP contribution is 2.17. The van der Waals surface area contributed by atoms with Gasteiger partial charge in [0.25, 0.3) is 0 Å². The van der Waals surface area contributed by atoms with Crippen molar-refractivity contribution >= 4 is 0 Å². The zero-order valence-electron chi connectivity index (χ0n) is 11.7. The molecule has 1 aromatic rings. The lowest BCUT2D eigenvalue weighted by molar-refractivity contribution is 0.175. The van der Waals surface area contributed by atoms with E-state index in [4.69, 9.17) is 5.26 Å². The normalized spacial score (nSPS) is 20.1. The van der Waals surface area contributed by atoms with Crippen LogP contribution >= 0.6 is 0 Å². The Morgan fingerprint density at radius 2 is 2.11 bits per heavy atom. The molecule has 2 rings (SSSR count). The molecule has 3 nitrogen and oxygen atoms in total. The first-order valence-corrected chi connectivity index (χ1v) is 7.19. The molecular weight excluding hydrogens is 234 g/mol. The summed E-state index contributed by atoms with van der Waals surface area (Å²) >= 11 is 0. The third-order valence-corrected chi connectivity index (χ3v) is 3.99. The minimum Gasteiger partial charge on any atom is -0.313 e. The number of nitrogens with zero attached hydrogens (tertiary/aromatic N) is 2. The highest BCUT2D eigenvalue weighted by atomic mass is 15.1. The van der Waals surface area contributed by atoms with Crippen molar-refractivity contribution in [2.24, 2.45) is 0 Å². The number of piperidine rings is 1. The van der Waals surface area contributed by atoms with Gasteiger partial charge in [-0.25, -0.2) is 0 Å². The minimum atomic E-state index is 0.729. The molecule has 1 fully saturated rings. The van der Waals surface area contributed by atoms with Gasteiger partial charge in [0.05, 0.1) is 11.6 Å². The Hall–Kier alpha value is -1.37. The summed E-state index contributed by atoms with van der Waals surface area (Å²) in [6.45, 7) is 3.21. The van der Waals surface area contributed by atoms with Crippen LogP contribution in [-0.4, -0.2) is 31.1 Å². The van der Waals surface area contributed by atoms with Crippen LogP contribution in [0.25, 0.3) is 0 Å². The van der Waals surface area contributed by atoms with Crippen molar-refractivity contribution in [1.29, 1.82) is 5.26 Å². The fraction of sp³-hybridized carbons (Fsp3) is 0.562. The summed E-state index contributed by atoms with van der Waals surface area (Å²) in [6.07, 6.45) is 5.30. The lowest BCUT2D eigenvalue weighted by Crippen LogP contribution is -2.38. The van der Waals surface area contributed by atoms with Crippen molar-refractivity contribution in [3.63, 3.8) is 0 Å². The molecule has 1 unspecified atom stereocenters. The van der Waals surface area contributed by atoms with E-state index >= 15 is 0 Å². The maximum absolute atomic E-state index is 8.74. The van der Waals surface area contributed by atoms with Crippen LogP contribution in [0.3, 0.4) is 0 Å². The maximum Gasteiger partial charge on any atom is 0.0991 e. The lowest BCUT2D eigenvalue weighted by Gasteiger charge is -2.32. The molecule has 0 aliphatic carbocycles. The van der Waals surface area contributed by atoms with Gasteiger partial charge in [-0.1, -0.05) is 18.6 Å². The van der Waals surface area contributed by atoms with Crippen molar-refractivity contribution in [2.75, 3.05) is 20.1 Å². The van der Waals surface area contributed by atoms with Crippen LogP contribution in [0.15, 0.2) is 24.3 Å². The Balaban J connectivity index is 1.67. The van der Waals surface area contributed by atoms with E-state index in [0.717, 1.165) is 24.7 Å². The Bertz CT molecular complexity index is 419. The molecule has 1 aromatic carbocycles. The average molecular weight is 257 g/mol. The fourth-order valence-electron chi connectivity index (χ4n) is 2.71. The van der Waals surface area contributed by atoms with E-state index in [9.17, 15) is 0 Å². The van der Waals surface area contributed by atoms with Crippen LogP contribution < -0.4 is 5.32 Å². The summed E-state index contributed by atoms with van der Waals surface area (Å²) in [4.78, 5) is 2.49. The van der Waals surface area contributed by atoms with Crippen LogP contribution in [-0.2, 0) is 6.54 Å². The highest BCUT2D eigenvalue weighted by molar-refractivity contribution is 5.31.